The summed E-state index contributed by atoms with van der Waals surface area (Å²) < 4.78 is 0. The lowest BCUT2D eigenvalue weighted by Gasteiger charge is -2.35. The van der Waals surface area contributed by atoms with Crippen molar-refractivity contribution in [1.29, 1.82) is 0 Å². The predicted octanol–water partition coefficient (Wildman–Crippen LogP) is 4.49. The molecule has 1 N–H and O–H groups in total. The van der Waals surface area contributed by atoms with E-state index in [2.05, 4.69) is 19.2 Å². The molecule has 0 aromatic heterocycles. The quantitative estimate of drug-likeness (QED) is 0.772. The number of nitrogens with one attached hydrogen (secondary N) is 1. The second kappa shape index (κ2) is 9.15. The first-order chi connectivity index (χ1) is 15.3. The Morgan fingerprint density at radius 3 is 2.44 bits per heavy atom. The maximum Gasteiger partial charge on any atom is 0.255 e. The molecule has 0 bridgehead atoms. The molecule has 2 atom stereocenters. The zero-order valence-corrected chi connectivity index (χ0v) is 19.1. The minimum Gasteiger partial charge on any atom is -0.338 e. The van der Waals surface area contributed by atoms with Crippen LogP contribution in [0.5, 0.6) is 0 Å². The van der Waals surface area contributed by atoms with Crippen LogP contribution in [0.4, 0.5) is 11.4 Å². The minimum atomic E-state index is -0.258. The number of benzene rings is 2. The van der Waals surface area contributed by atoms with Crippen LogP contribution in [0.15, 0.2) is 42.5 Å². The van der Waals surface area contributed by atoms with Gasteiger partial charge in [-0.25, -0.2) is 0 Å². The van der Waals surface area contributed by atoms with Crippen LogP contribution in [0.3, 0.4) is 0 Å². The lowest BCUT2D eigenvalue weighted by molar-refractivity contribution is -0.117. The molecule has 2 fully saturated rings. The summed E-state index contributed by atoms with van der Waals surface area (Å²) in [5.41, 5.74) is 3.33. The summed E-state index contributed by atoms with van der Waals surface area (Å²) in [5, 5.41) is 2.96. The van der Waals surface area contributed by atoms with Crippen molar-refractivity contribution in [3.05, 3.63) is 59.2 Å². The van der Waals surface area contributed by atoms with Crippen LogP contribution in [-0.2, 0) is 4.79 Å². The highest BCUT2D eigenvalue weighted by Gasteiger charge is 2.27. The maximum absolute atomic E-state index is 13.1. The van der Waals surface area contributed by atoms with Crippen LogP contribution in [0.1, 0.15) is 59.4 Å². The molecule has 2 aliphatic rings. The molecular formula is C26H31N3O3. The van der Waals surface area contributed by atoms with Gasteiger partial charge in [0.2, 0.25) is 5.91 Å². The first-order valence-electron chi connectivity index (χ1n) is 11.4. The van der Waals surface area contributed by atoms with E-state index < -0.39 is 0 Å². The number of rotatable bonds is 4. The number of piperidine rings is 1. The molecule has 4 rings (SSSR count). The fraction of sp³-hybridized carbons (Fsp3) is 0.423. The Balaban J connectivity index is 1.51. The van der Waals surface area contributed by atoms with Crippen LogP contribution < -0.4 is 10.2 Å². The van der Waals surface area contributed by atoms with E-state index in [1.165, 1.54) is 0 Å². The summed E-state index contributed by atoms with van der Waals surface area (Å²) in [6.45, 7) is 8.48. The second-order valence-electron chi connectivity index (χ2n) is 9.34. The molecule has 0 spiro atoms. The van der Waals surface area contributed by atoms with Gasteiger partial charge in [0.05, 0.1) is 0 Å². The number of nitrogens with zero attached hydrogens (tertiary/aromatic N) is 2. The third-order valence-corrected chi connectivity index (χ3v) is 6.38. The number of hydrogen-bond donors (Lipinski definition) is 1. The number of likely N-dealkylation sites (tertiary alicyclic amines) is 1. The summed E-state index contributed by atoms with van der Waals surface area (Å²) in [5.74, 6) is 0.815. The van der Waals surface area contributed by atoms with Gasteiger partial charge in [-0.3, -0.25) is 14.4 Å². The van der Waals surface area contributed by atoms with E-state index in [-0.39, 0.29) is 17.7 Å². The fourth-order valence-corrected chi connectivity index (χ4v) is 4.83. The van der Waals surface area contributed by atoms with Crippen molar-refractivity contribution < 1.29 is 14.4 Å². The van der Waals surface area contributed by atoms with Gasteiger partial charge in [0.15, 0.2) is 0 Å². The molecule has 2 heterocycles. The molecular weight excluding hydrogens is 402 g/mol. The maximum atomic E-state index is 13.1. The molecule has 168 valence electrons. The van der Waals surface area contributed by atoms with Crippen molar-refractivity contribution >= 4 is 29.1 Å². The van der Waals surface area contributed by atoms with Gasteiger partial charge in [-0.2, -0.15) is 0 Å². The zero-order valence-electron chi connectivity index (χ0n) is 19.1. The number of amides is 3. The van der Waals surface area contributed by atoms with Gasteiger partial charge in [0.1, 0.15) is 0 Å². The van der Waals surface area contributed by atoms with Crippen molar-refractivity contribution in [2.75, 3.05) is 29.9 Å². The van der Waals surface area contributed by atoms with Crippen LogP contribution in [0, 0.1) is 18.8 Å². The SMILES string of the molecule is Cc1ccc(C(=O)N2CC(C)CC(C)C2)cc1NC(=O)c1cccc(N2CCCC2=O)c1. The van der Waals surface area contributed by atoms with Crippen LogP contribution in [-0.4, -0.2) is 42.3 Å². The van der Waals surface area contributed by atoms with E-state index in [9.17, 15) is 14.4 Å². The van der Waals surface area contributed by atoms with Crippen LogP contribution >= 0.6 is 0 Å². The molecule has 2 aliphatic heterocycles. The standard InChI is InChI=1S/C26H31N3O3/c1-17-12-18(2)16-28(15-17)26(32)21-10-9-19(3)23(14-21)27-25(31)20-6-4-7-22(13-20)29-11-5-8-24(29)30/h4,6-7,9-10,13-14,17-18H,5,8,11-12,15-16H2,1-3H3,(H,27,31). The number of carbonyl (C=O) groups excluding carboxylic acids is 3. The van der Waals surface area contributed by atoms with Crippen molar-refractivity contribution in [3.8, 4) is 0 Å². The number of hydrogen-bond acceptors (Lipinski definition) is 3. The number of aryl methyl sites for hydroxylation is 1. The lowest BCUT2D eigenvalue weighted by Crippen LogP contribution is -2.42. The van der Waals surface area contributed by atoms with Gasteiger partial charge in [0, 0.05) is 48.6 Å². The van der Waals surface area contributed by atoms with Crippen molar-refractivity contribution in [3.63, 3.8) is 0 Å². The van der Waals surface area contributed by atoms with Crippen molar-refractivity contribution in [2.24, 2.45) is 11.8 Å². The summed E-state index contributed by atoms with van der Waals surface area (Å²) >= 11 is 0. The average molecular weight is 434 g/mol. The first kappa shape index (κ1) is 22.1. The third-order valence-electron chi connectivity index (χ3n) is 6.38. The van der Waals surface area contributed by atoms with Gasteiger partial charge < -0.3 is 15.1 Å². The second-order valence-corrected chi connectivity index (χ2v) is 9.34. The van der Waals surface area contributed by atoms with E-state index in [1.807, 2.05) is 30.0 Å². The van der Waals surface area contributed by atoms with E-state index in [4.69, 9.17) is 0 Å². The van der Waals surface area contributed by atoms with Gasteiger partial charge in [-0.05, 0) is 67.5 Å². The van der Waals surface area contributed by atoms with E-state index >= 15 is 0 Å². The van der Waals surface area contributed by atoms with Crippen molar-refractivity contribution in [2.45, 2.75) is 40.0 Å². The Hall–Kier alpha value is -3.15. The molecule has 6 nitrogen and oxygen atoms in total. The van der Waals surface area contributed by atoms with E-state index in [1.54, 1.807) is 29.2 Å². The fourth-order valence-electron chi connectivity index (χ4n) is 4.83. The number of anilines is 2. The molecule has 2 saturated heterocycles. The highest BCUT2D eigenvalue weighted by molar-refractivity contribution is 6.07. The van der Waals surface area contributed by atoms with E-state index in [0.29, 0.717) is 41.6 Å². The van der Waals surface area contributed by atoms with E-state index in [0.717, 1.165) is 37.2 Å². The Bertz CT molecular complexity index is 1040. The van der Waals surface area contributed by atoms with Gasteiger partial charge in [-0.15, -0.1) is 0 Å². The molecule has 2 aromatic carbocycles. The molecule has 2 aromatic rings. The van der Waals surface area contributed by atoms with Gasteiger partial charge in [0.25, 0.3) is 11.8 Å². The van der Waals surface area contributed by atoms with Crippen molar-refractivity contribution in [1.82, 2.24) is 4.90 Å². The number of carbonyl (C=O) groups is 3. The first-order valence-corrected chi connectivity index (χ1v) is 11.4. The van der Waals surface area contributed by atoms with Gasteiger partial charge >= 0.3 is 0 Å². The molecule has 6 heteroatoms. The Morgan fingerprint density at radius 2 is 1.75 bits per heavy atom. The monoisotopic (exact) mass is 433 g/mol. The molecule has 0 saturated carbocycles. The smallest absolute Gasteiger partial charge is 0.255 e. The highest BCUT2D eigenvalue weighted by atomic mass is 16.2. The molecule has 0 radical (unpaired) electrons. The Kier molecular flexibility index (Phi) is 6.31. The summed E-state index contributed by atoms with van der Waals surface area (Å²) in [6, 6.07) is 12.6. The lowest BCUT2D eigenvalue weighted by atomic mass is 9.91. The Morgan fingerprint density at radius 1 is 1.00 bits per heavy atom. The zero-order chi connectivity index (χ0) is 22.8. The van der Waals surface area contributed by atoms with Gasteiger partial charge in [-0.1, -0.05) is 26.0 Å². The molecule has 2 unspecified atom stereocenters. The third kappa shape index (κ3) is 4.69. The molecule has 32 heavy (non-hydrogen) atoms. The molecule has 0 aliphatic carbocycles. The van der Waals surface area contributed by atoms with Crippen LogP contribution in [0.25, 0.3) is 0 Å². The average Bonchev–Trinajstić information content (AvgIpc) is 3.20. The normalized spacial score (nSPS) is 21.0. The topological polar surface area (TPSA) is 69.7 Å². The summed E-state index contributed by atoms with van der Waals surface area (Å²) in [7, 11) is 0. The predicted molar refractivity (Wildman–Crippen MR) is 126 cm³/mol. The summed E-state index contributed by atoms with van der Waals surface area (Å²) in [6.07, 6.45) is 2.52. The highest BCUT2D eigenvalue weighted by Crippen LogP contribution is 2.26. The summed E-state index contributed by atoms with van der Waals surface area (Å²) in [4.78, 5) is 41.8. The largest absolute Gasteiger partial charge is 0.338 e. The van der Waals surface area contributed by atoms with Crippen LogP contribution in [0.2, 0.25) is 0 Å². The molecule has 3 amide bonds. The Labute approximate surface area is 189 Å². The minimum absolute atomic E-state index is 0.00782.